The molecule has 1 aliphatic rings. The molecule has 6 nitrogen and oxygen atoms in total. The Morgan fingerprint density at radius 3 is 2.50 bits per heavy atom. The smallest absolute Gasteiger partial charge is 0.250 e. The second-order valence-electron chi connectivity index (χ2n) is 8.09. The van der Waals surface area contributed by atoms with Gasteiger partial charge < -0.3 is 20.1 Å². The predicted molar refractivity (Wildman–Crippen MR) is 131 cm³/mol. The molecule has 1 saturated heterocycles. The molecule has 6 heteroatoms. The first kappa shape index (κ1) is 21.7. The minimum atomic E-state index is 0.0141. The first-order valence-corrected chi connectivity index (χ1v) is 11.3. The lowest BCUT2D eigenvalue weighted by atomic mass is 10.1. The van der Waals surface area contributed by atoms with Crippen molar-refractivity contribution >= 4 is 11.6 Å². The second kappa shape index (κ2) is 10.7. The lowest BCUT2D eigenvalue weighted by Gasteiger charge is -2.20. The number of aliphatic imine (C=N–C) groups is 1. The summed E-state index contributed by atoms with van der Waals surface area (Å²) in [7, 11) is 0. The van der Waals surface area contributed by atoms with Gasteiger partial charge in [0.2, 0.25) is 0 Å². The van der Waals surface area contributed by atoms with Crippen molar-refractivity contribution in [3.8, 4) is 0 Å². The number of para-hydroxylation sites is 1. The normalized spacial score (nSPS) is 16.2. The molecule has 3 aromatic rings. The molecule has 1 aliphatic heterocycles. The van der Waals surface area contributed by atoms with Gasteiger partial charge in [-0.2, -0.15) is 0 Å². The highest BCUT2D eigenvalue weighted by Gasteiger charge is 2.23. The molecule has 0 bridgehead atoms. The summed E-state index contributed by atoms with van der Waals surface area (Å²) in [5, 5.41) is 6.96. The number of nitrogens with zero attached hydrogens (tertiary/aromatic N) is 3. The van der Waals surface area contributed by atoms with Crippen LogP contribution in [0.4, 0.5) is 5.69 Å². The molecular formula is C26H31N5O. The van der Waals surface area contributed by atoms with Crippen molar-refractivity contribution in [3.05, 3.63) is 100 Å². The number of hydrogen-bond acceptors (Lipinski definition) is 3. The molecule has 2 N–H and O–H groups in total. The molecule has 1 aromatic heterocycles. The number of benzene rings is 2. The van der Waals surface area contributed by atoms with Crippen molar-refractivity contribution in [1.29, 1.82) is 0 Å². The summed E-state index contributed by atoms with van der Waals surface area (Å²) in [6, 6.07) is 24.5. The van der Waals surface area contributed by atoms with Gasteiger partial charge in [-0.3, -0.25) is 4.79 Å². The molecule has 32 heavy (non-hydrogen) atoms. The van der Waals surface area contributed by atoms with Crippen molar-refractivity contribution in [2.45, 2.75) is 32.5 Å². The molecule has 4 rings (SSSR count). The van der Waals surface area contributed by atoms with Crippen molar-refractivity contribution in [3.63, 3.8) is 0 Å². The Kier molecular flexibility index (Phi) is 7.23. The van der Waals surface area contributed by atoms with Gasteiger partial charge in [-0.15, -0.1) is 0 Å². The molecule has 1 unspecified atom stereocenters. The fourth-order valence-electron chi connectivity index (χ4n) is 3.97. The van der Waals surface area contributed by atoms with E-state index in [0.29, 0.717) is 19.1 Å². The summed E-state index contributed by atoms with van der Waals surface area (Å²) in [6.07, 6.45) is 2.91. The van der Waals surface area contributed by atoms with Gasteiger partial charge in [0.25, 0.3) is 5.56 Å². The van der Waals surface area contributed by atoms with E-state index in [4.69, 9.17) is 4.99 Å². The average molecular weight is 430 g/mol. The third-order valence-corrected chi connectivity index (χ3v) is 5.69. The van der Waals surface area contributed by atoms with Gasteiger partial charge in [0.15, 0.2) is 5.96 Å². The number of guanidine groups is 1. The van der Waals surface area contributed by atoms with Gasteiger partial charge in [0, 0.05) is 43.6 Å². The van der Waals surface area contributed by atoms with E-state index >= 15 is 0 Å². The maximum atomic E-state index is 11.9. The summed E-state index contributed by atoms with van der Waals surface area (Å²) in [5.41, 5.74) is 3.53. The molecule has 0 spiro atoms. The minimum absolute atomic E-state index is 0.0141. The summed E-state index contributed by atoms with van der Waals surface area (Å²) in [6.45, 7) is 6.12. The summed E-state index contributed by atoms with van der Waals surface area (Å²) < 4.78 is 1.71. The lowest BCUT2D eigenvalue weighted by molar-refractivity contribution is 0.649. The van der Waals surface area contributed by atoms with Crippen molar-refractivity contribution < 1.29 is 0 Å². The number of anilines is 1. The average Bonchev–Trinajstić information content (AvgIpc) is 3.29. The summed E-state index contributed by atoms with van der Waals surface area (Å²) in [5.74, 6) is 0.854. The van der Waals surface area contributed by atoms with Crippen LogP contribution in [0.25, 0.3) is 0 Å². The third kappa shape index (κ3) is 5.78. The molecule has 2 aromatic carbocycles. The van der Waals surface area contributed by atoms with Crippen LogP contribution in [0, 0.1) is 0 Å². The zero-order valence-electron chi connectivity index (χ0n) is 18.6. The zero-order chi connectivity index (χ0) is 22.2. The van der Waals surface area contributed by atoms with Crippen molar-refractivity contribution in [2.75, 3.05) is 24.5 Å². The molecule has 1 fully saturated rings. The second-order valence-corrected chi connectivity index (χ2v) is 8.09. The number of pyridine rings is 1. The van der Waals surface area contributed by atoms with E-state index in [-0.39, 0.29) is 5.56 Å². The van der Waals surface area contributed by atoms with Crippen LogP contribution in [0.3, 0.4) is 0 Å². The lowest BCUT2D eigenvalue weighted by Crippen LogP contribution is -2.44. The van der Waals surface area contributed by atoms with Crippen LogP contribution in [-0.2, 0) is 13.1 Å². The first-order valence-electron chi connectivity index (χ1n) is 11.3. The Bertz CT molecular complexity index is 1080. The highest BCUT2D eigenvalue weighted by atomic mass is 16.1. The van der Waals surface area contributed by atoms with Gasteiger partial charge in [-0.05, 0) is 42.7 Å². The molecule has 1 atom stereocenters. The Labute approximate surface area is 189 Å². The molecule has 166 valence electrons. The standard InChI is InChI=1S/C26H31N5O/c1-2-27-26(29-23-15-17-30(20-23)24-8-4-3-5-9-24)28-18-21-11-13-22(14-12-21)19-31-16-7-6-10-25(31)32/h3-14,16,23H,2,15,17-20H2,1H3,(H2,27,28,29). The molecule has 0 radical (unpaired) electrons. The van der Waals surface area contributed by atoms with Crippen LogP contribution in [0.15, 0.2) is 88.8 Å². The van der Waals surface area contributed by atoms with E-state index in [0.717, 1.165) is 43.1 Å². The van der Waals surface area contributed by atoms with E-state index in [1.807, 2.05) is 12.3 Å². The zero-order valence-corrected chi connectivity index (χ0v) is 18.6. The van der Waals surface area contributed by atoms with Gasteiger partial charge in [0.1, 0.15) is 0 Å². The van der Waals surface area contributed by atoms with Crippen molar-refractivity contribution in [1.82, 2.24) is 15.2 Å². The highest BCUT2D eigenvalue weighted by molar-refractivity contribution is 5.80. The van der Waals surface area contributed by atoms with Gasteiger partial charge in [0.05, 0.1) is 13.1 Å². The van der Waals surface area contributed by atoms with Gasteiger partial charge in [-0.1, -0.05) is 48.5 Å². The molecule has 0 saturated carbocycles. The third-order valence-electron chi connectivity index (χ3n) is 5.69. The van der Waals surface area contributed by atoms with E-state index in [1.54, 1.807) is 16.7 Å². The number of hydrogen-bond donors (Lipinski definition) is 2. The fraction of sp³-hybridized carbons (Fsp3) is 0.308. The van der Waals surface area contributed by atoms with Crippen LogP contribution < -0.4 is 21.1 Å². The highest BCUT2D eigenvalue weighted by Crippen LogP contribution is 2.19. The largest absolute Gasteiger partial charge is 0.369 e. The van der Waals surface area contributed by atoms with Crippen LogP contribution in [0.2, 0.25) is 0 Å². The Balaban J connectivity index is 1.34. The maximum absolute atomic E-state index is 11.9. The van der Waals surface area contributed by atoms with Gasteiger partial charge >= 0.3 is 0 Å². The van der Waals surface area contributed by atoms with Gasteiger partial charge in [-0.25, -0.2) is 4.99 Å². The Hall–Kier alpha value is -3.54. The van der Waals surface area contributed by atoms with E-state index in [1.165, 1.54) is 5.69 Å². The summed E-state index contributed by atoms with van der Waals surface area (Å²) in [4.78, 5) is 19.1. The van der Waals surface area contributed by atoms with Crippen molar-refractivity contribution in [2.24, 2.45) is 4.99 Å². The van der Waals surface area contributed by atoms with Crippen LogP contribution >= 0.6 is 0 Å². The molecular weight excluding hydrogens is 398 g/mol. The minimum Gasteiger partial charge on any atom is -0.369 e. The topological polar surface area (TPSA) is 61.7 Å². The fourth-order valence-corrected chi connectivity index (χ4v) is 3.97. The first-order chi connectivity index (χ1) is 15.7. The van der Waals surface area contributed by atoms with Crippen LogP contribution in [0.1, 0.15) is 24.5 Å². The molecule has 0 amide bonds. The van der Waals surface area contributed by atoms with E-state index < -0.39 is 0 Å². The Morgan fingerprint density at radius 2 is 1.75 bits per heavy atom. The SMILES string of the molecule is CCNC(=NCc1ccc(Cn2ccccc2=O)cc1)NC1CCN(c2ccccc2)C1. The number of rotatable bonds is 7. The molecule has 2 heterocycles. The van der Waals surface area contributed by atoms with Crippen LogP contribution in [0.5, 0.6) is 0 Å². The summed E-state index contributed by atoms with van der Waals surface area (Å²) >= 11 is 0. The number of nitrogens with one attached hydrogen (secondary N) is 2. The molecule has 0 aliphatic carbocycles. The van der Waals surface area contributed by atoms with Crippen LogP contribution in [-0.4, -0.2) is 36.2 Å². The quantitative estimate of drug-likeness (QED) is 0.447. The maximum Gasteiger partial charge on any atom is 0.250 e. The number of aromatic nitrogens is 1. The Morgan fingerprint density at radius 1 is 1.00 bits per heavy atom. The monoisotopic (exact) mass is 429 g/mol. The predicted octanol–water partition coefficient (Wildman–Crippen LogP) is 3.23. The van der Waals surface area contributed by atoms with E-state index in [2.05, 4.69) is 77.1 Å². The van der Waals surface area contributed by atoms with E-state index in [9.17, 15) is 4.79 Å².